The van der Waals surface area contributed by atoms with Crippen molar-refractivity contribution in [2.24, 2.45) is 0 Å². The van der Waals surface area contributed by atoms with Crippen LogP contribution in [0.1, 0.15) is 10.4 Å². The van der Waals surface area contributed by atoms with Gasteiger partial charge in [-0.3, -0.25) is 15.2 Å². The van der Waals surface area contributed by atoms with Crippen molar-refractivity contribution in [1.29, 1.82) is 0 Å². The van der Waals surface area contributed by atoms with E-state index in [0.717, 1.165) is 5.39 Å². The van der Waals surface area contributed by atoms with E-state index in [1.165, 1.54) is 12.1 Å². The van der Waals surface area contributed by atoms with E-state index in [1.54, 1.807) is 42.6 Å². The number of fused-ring (bicyclic) bond motifs is 1. The second-order valence-electron chi connectivity index (χ2n) is 4.75. The molecule has 23 heavy (non-hydrogen) atoms. The second kappa shape index (κ2) is 6.15. The predicted octanol–water partition coefficient (Wildman–Crippen LogP) is 1.86. The van der Waals surface area contributed by atoms with Crippen LogP contribution in [0.4, 0.5) is 0 Å². The summed E-state index contributed by atoms with van der Waals surface area (Å²) in [6, 6.07) is 16.5. The number of para-hydroxylation sites is 1. The molecule has 0 unspecified atom stereocenters. The SMILES string of the molecule is O=C(NNS(=O)(=O)c1ccccc1)c1cccc2cccnc12. The molecule has 0 atom stereocenters. The van der Waals surface area contributed by atoms with Crippen LogP contribution < -0.4 is 10.3 Å². The molecule has 0 spiro atoms. The Morgan fingerprint density at radius 3 is 2.43 bits per heavy atom. The Kier molecular flexibility index (Phi) is 4.05. The van der Waals surface area contributed by atoms with Crippen LogP contribution in [0.2, 0.25) is 0 Å². The van der Waals surface area contributed by atoms with Crippen molar-refractivity contribution < 1.29 is 13.2 Å². The monoisotopic (exact) mass is 327 g/mol. The molecule has 0 fully saturated rings. The van der Waals surface area contributed by atoms with Gasteiger partial charge in [-0.25, -0.2) is 8.42 Å². The number of pyridine rings is 1. The highest BCUT2D eigenvalue weighted by atomic mass is 32.2. The fourth-order valence-electron chi connectivity index (χ4n) is 2.13. The number of hydrogen-bond acceptors (Lipinski definition) is 4. The maximum atomic E-state index is 12.3. The Bertz CT molecular complexity index is 951. The molecule has 2 aromatic carbocycles. The number of carbonyl (C=O) groups is 1. The highest BCUT2D eigenvalue weighted by Crippen LogP contribution is 2.15. The average molecular weight is 327 g/mol. The van der Waals surface area contributed by atoms with Gasteiger partial charge in [0.25, 0.3) is 15.9 Å². The number of hydrazine groups is 1. The van der Waals surface area contributed by atoms with E-state index < -0.39 is 15.9 Å². The van der Waals surface area contributed by atoms with Gasteiger partial charge in [-0.15, -0.1) is 4.83 Å². The zero-order valence-electron chi connectivity index (χ0n) is 11.9. The number of aromatic nitrogens is 1. The molecule has 0 aliphatic rings. The summed E-state index contributed by atoms with van der Waals surface area (Å²) in [5.74, 6) is -0.575. The fourth-order valence-corrected chi connectivity index (χ4v) is 2.99. The van der Waals surface area contributed by atoms with Crippen molar-refractivity contribution in [3.8, 4) is 0 Å². The molecule has 0 aliphatic carbocycles. The van der Waals surface area contributed by atoms with Crippen LogP contribution in [0.3, 0.4) is 0 Å². The number of benzene rings is 2. The smallest absolute Gasteiger partial charge is 0.268 e. The van der Waals surface area contributed by atoms with Crippen LogP contribution in [-0.2, 0) is 10.0 Å². The molecule has 2 N–H and O–H groups in total. The van der Waals surface area contributed by atoms with Crippen molar-refractivity contribution in [3.05, 3.63) is 72.4 Å². The summed E-state index contributed by atoms with van der Waals surface area (Å²) in [4.78, 5) is 18.6. The van der Waals surface area contributed by atoms with E-state index in [4.69, 9.17) is 0 Å². The quantitative estimate of drug-likeness (QED) is 0.716. The normalized spacial score (nSPS) is 11.3. The highest BCUT2D eigenvalue weighted by molar-refractivity contribution is 7.89. The fraction of sp³-hybridized carbons (Fsp3) is 0. The lowest BCUT2D eigenvalue weighted by atomic mass is 10.1. The van der Waals surface area contributed by atoms with Gasteiger partial charge < -0.3 is 0 Å². The third-order valence-electron chi connectivity index (χ3n) is 3.23. The lowest BCUT2D eigenvalue weighted by molar-refractivity contribution is 0.0946. The Morgan fingerprint density at radius 2 is 1.65 bits per heavy atom. The Labute approximate surface area is 133 Å². The molecular weight excluding hydrogens is 314 g/mol. The largest absolute Gasteiger partial charge is 0.273 e. The number of carbonyl (C=O) groups excluding carboxylic acids is 1. The summed E-state index contributed by atoms with van der Waals surface area (Å²) in [5, 5.41) is 0.797. The van der Waals surface area contributed by atoms with Gasteiger partial charge in [0.05, 0.1) is 16.0 Å². The Morgan fingerprint density at radius 1 is 0.913 bits per heavy atom. The zero-order chi connectivity index (χ0) is 16.3. The first kappa shape index (κ1) is 15.1. The van der Waals surface area contributed by atoms with E-state index in [2.05, 4.69) is 15.2 Å². The first-order valence-electron chi connectivity index (χ1n) is 6.79. The van der Waals surface area contributed by atoms with Gasteiger partial charge in [-0.1, -0.05) is 36.4 Å². The maximum absolute atomic E-state index is 12.3. The number of sulfonamides is 1. The molecular formula is C16H13N3O3S. The molecule has 0 saturated heterocycles. The molecule has 1 amide bonds. The van der Waals surface area contributed by atoms with Crippen molar-refractivity contribution in [2.45, 2.75) is 4.90 Å². The van der Waals surface area contributed by atoms with Crippen LogP contribution in [0.15, 0.2) is 71.8 Å². The van der Waals surface area contributed by atoms with Crippen LogP contribution in [0.5, 0.6) is 0 Å². The lowest BCUT2D eigenvalue weighted by Crippen LogP contribution is -2.41. The van der Waals surface area contributed by atoms with Crippen LogP contribution in [-0.4, -0.2) is 19.3 Å². The van der Waals surface area contributed by atoms with Gasteiger partial charge in [0.15, 0.2) is 0 Å². The molecule has 0 radical (unpaired) electrons. The molecule has 116 valence electrons. The standard InChI is InChI=1S/C16H13N3O3S/c20-16(14-10-4-6-12-7-5-11-17-15(12)14)18-19-23(21,22)13-8-2-1-3-9-13/h1-11,19H,(H,18,20). The van der Waals surface area contributed by atoms with Crippen molar-refractivity contribution >= 4 is 26.8 Å². The molecule has 1 heterocycles. The summed E-state index contributed by atoms with van der Waals surface area (Å²) in [6.07, 6.45) is 1.58. The van der Waals surface area contributed by atoms with Gasteiger partial charge in [0, 0.05) is 11.6 Å². The Hall–Kier alpha value is -2.77. The van der Waals surface area contributed by atoms with Crippen molar-refractivity contribution in [1.82, 2.24) is 15.2 Å². The molecule has 1 aromatic heterocycles. The molecule has 7 heteroatoms. The van der Waals surface area contributed by atoms with Crippen LogP contribution >= 0.6 is 0 Å². The minimum Gasteiger partial charge on any atom is -0.273 e. The van der Waals surface area contributed by atoms with Crippen LogP contribution in [0, 0.1) is 0 Å². The van der Waals surface area contributed by atoms with E-state index in [9.17, 15) is 13.2 Å². The van der Waals surface area contributed by atoms with E-state index in [1.807, 2.05) is 12.1 Å². The van der Waals surface area contributed by atoms with Crippen molar-refractivity contribution in [3.63, 3.8) is 0 Å². The minimum atomic E-state index is -3.82. The third kappa shape index (κ3) is 3.20. The summed E-state index contributed by atoms with van der Waals surface area (Å²) in [5.41, 5.74) is 3.01. The molecule has 0 aliphatic heterocycles. The molecule has 3 rings (SSSR count). The second-order valence-corrected chi connectivity index (χ2v) is 6.44. The van der Waals surface area contributed by atoms with Crippen molar-refractivity contribution in [2.75, 3.05) is 0 Å². The third-order valence-corrected chi connectivity index (χ3v) is 4.49. The lowest BCUT2D eigenvalue weighted by Gasteiger charge is -2.09. The van der Waals surface area contributed by atoms with E-state index >= 15 is 0 Å². The number of hydrogen-bond donors (Lipinski definition) is 2. The molecule has 0 bridgehead atoms. The minimum absolute atomic E-state index is 0.0661. The summed E-state index contributed by atoms with van der Waals surface area (Å²) >= 11 is 0. The zero-order valence-corrected chi connectivity index (χ0v) is 12.7. The summed E-state index contributed by atoms with van der Waals surface area (Å²) < 4.78 is 24.2. The first-order chi connectivity index (χ1) is 11.1. The predicted molar refractivity (Wildman–Crippen MR) is 86.0 cm³/mol. The maximum Gasteiger partial charge on any atom is 0.268 e. The van der Waals surface area contributed by atoms with Gasteiger partial charge in [-0.05, 0) is 24.3 Å². The number of nitrogens with zero attached hydrogens (tertiary/aromatic N) is 1. The number of amides is 1. The summed E-state index contributed by atoms with van der Waals surface area (Å²) in [6.45, 7) is 0. The topological polar surface area (TPSA) is 88.2 Å². The van der Waals surface area contributed by atoms with E-state index in [-0.39, 0.29) is 4.90 Å². The number of nitrogens with one attached hydrogen (secondary N) is 2. The van der Waals surface area contributed by atoms with Gasteiger partial charge in [-0.2, -0.15) is 0 Å². The first-order valence-corrected chi connectivity index (χ1v) is 8.27. The van der Waals surface area contributed by atoms with Gasteiger partial charge in [0.2, 0.25) is 0 Å². The summed E-state index contributed by atoms with van der Waals surface area (Å²) in [7, 11) is -3.82. The Balaban J connectivity index is 1.82. The average Bonchev–Trinajstić information content (AvgIpc) is 2.60. The van der Waals surface area contributed by atoms with Crippen LogP contribution in [0.25, 0.3) is 10.9 Å². The molecule has 6 nitrogen and oxygen atoms in total. The van der Waals surface area contributed by atoms with E-state index in [0.29, 0.717) is 11.1 Å². The molecule has 3 aromatic rings. The van der Waals surface area contributed by atoms with Gasteiger partial charge in [0.1, 0.15) is 0 Å². The van der Waals surface area contributed by atoms with Gasteiger partial charge >= 0.3 is 0 Å². The highest BCUT2D eigenvalue weighted by Gasteiger charge is 2.16. The molecule has 0 saturated carbocycles. The number of rotatable bonds is 4.